The van der Waals surface area contributed by atoms with Crippen molar-refractivity contribution in [3.05, 3.63) is 65.1 Å². The maximum atomic E-state index is 12.6. The molecule has 4 aromatic rings. The van der Waals surface area contributed by atoms with Gasteiger partial charge in [0.2, 0.25) is 0 Å². The zero-order valence-corrected chi connectivity index (χ0v) is 16.1. The van der Waals surface area contributed by atoms with Crippen molar-refractivity contribution in [1.82, 2.24) is 9.97 Å². The molecule has 0 aliphatic heterocycles. The molecule has 140 valence electrons. The van der Waals surface area contributed by atoms with E-state index in [1.165, 1.54) is 11.3 Å². The highest BCUT2D eigenvalue weighted by atomic mass is 32.1. The van der Waals surface area contributed by atoms with E-state index in [1.54, 1.807) is 20.4 Å². The second-order valence-corrected chi connectivity index (χ2v) is 6.84. The lowest BCUT2D eigenvalue weighted by atomic mass is 10.1. The van der Waals surface area contributed by atoms with Crippen LogP contribution in [0.4, 0.5) is 5.82 Å². The van der Waals surface area contributed by atoms with Crippen molar-refractivity contribution in [2.75, 3.05) is 19.5 Å². The molecule has 0 bridgehead atoms. The SMILES string of the molecule is COc1ccc(-c2csc(C(=O)Nc3cc4ccccc4cn3)n2)cc1OC. The van der Waals surface area contributed by atoms with Gasteiger partial charge < -0.3 is 14.8 Å². The Morgan fingerprint density at radius 2 is 1.79 bits per heavy atom. The molecule has 0 aliphatic rings. The lowest BCUT2D eigenvalue weighted by molar-refractivity contribution is 0.102. The normalized spacial score (nSPS) is 10.6. The van der Waals surface area contributed by atoms with Crippen molar-refractivity contribution in [3.63, 3.8) is 0 Å². The number of fused-ring (bicyclic) bond motifs is 1. The van der Waals surface area contributed by atoms with E-state index >= 15 is 0 Å². The van der Waals surface area contributed by atoms with E-state index < -0.39 is 0 Å². The van der Waals surface area contributed by atoms with Gasteiger partial charge in [0.25, 0.3) is 5.91 Å². The van der Waals surface area contributed by atoms with Crippen LogP contribution in [0.25, 0.3) is 22.0 Å². The van der Waals surface area contributed by atoms with E-state index in [1.807, 2.05) is 53.9 Å². The Kier molecular flexibility index (Phi) is 4.90. The number of pyridine rings is 1. The Morgan fingerprint density at radius 3 is 2.57 bits per heavy atom. The van der Waals surface area contributed by atoms with Gasteiger partial charge in [-0.3, -0.25) is 4.79 Å². The Balaban J connectivity index is 1.55. The zero-order chi connectivity index (χ0) is 19.5. The van der Waals surface area contributed by atoms with E-state index in [0.717, 1.165) is 16.3 Å². The Bertz CT molecular complexity index is 1160. The molecule has 0 radical (unpaired) electrons. The van der Waals surface area contributed by atoms with Gasteiger partial charge in [-0.25, -0.2) is 9.97 Å². The van der Waals surface area contributed by atoms with E-state index in [4.69, 9.17) is 9.47 Å². The van der Waals surface area contributed by atoms with Gasteiger partial charge in [-0.15, -0.1) is 11.3 Å². The van der Waals surface area contributed by atoms with Crippen LogP contribution in [0, 0.1) is 0 Å². The van der Waals surface area contributed by atoms with Crippen LogP contribution in [0.3, 0.4) is 0 Å². The van der Waals surface area contributed by atoms with Crippen molar-refractivity contribution in [2.45, 2.75) is 0 Å². The van der Waals surface area contributed by atoms with E-state index in [2.05, 4.69) is 15.3 Å². The van der Waals surface area contributed by atoms with Crippen LogP contribution in [0.15, 0.2) is 60.1 Å². The summed E-state index contributed by atoms with van der Waals surface area (Å²) in [6, 6.07) is 15.2. The predicted molar refractivity (Wildman–Crippen MR) is 110 cm³/mol. The predicted octanol–water partition coefficient (Wildman–Crippen LogP) is 4.63. The standard InChI is InChI=1S/C21H17N3O3S/c1-26-17-8-7-14(9-18(17)27-2)16-12-28-21(23-16)20(25)24-19-10-13-5-3-4-6-15(13)11-22-19/h3-12H,1-2H3,(H,22,24,25). The molecular formula is C21H17N3O3S. The minimum absolute atomic E-state index is 0.292. The quantitative estimate of drug-likeness (QED) is 0.537. The highest BCUT2D eigenvalue weighted by Gasteiger charge is 2.14. The third-order valence-corrected chi connectivity index (χ3v) is 5.09. The van der Waals surface area contributed by atoms with Crippen LogP contribution in [-0.2, 0) is 0 Å². The molecule has 0 unspecified atom stereocenters. The number of carbonyl (C=O) groups excluding carboxylic acids is 1. The number of methoxy groups -OCH3 is 2. The highest BCUT2D eigenvalue weighted by Crippen LogP contribution is 2.32. The van der Waals surface area contributed by atoms with Crippen molar-refractivity contribution in [3.8, 4) is 22.8 Å². The fraction of sp³-hybridized carbons (Fsp3) is 0.0952. The molecule has 1 N–H and O–H groups in total. The van der Waals surface area contributed by atoms with Crippen LogP contribution < -0.4 is 14.8 Å². The second-order valence-electron chi connectivity index (χ2n) is 5.98. The van der Waals surface area contributed by atoms with Crippen LogP contribution >= 0.6 is 11.3 Å². The van der Waals surface area contributed by atoms with Crippen LogP contribution in [0.1, 0.15) is 9.80 Å². The molecule has 28 heavy (non-hydrogen) atoms. The monoisotopic (exact) mass is 391 g/mol. The van der Waals surface area contributed by atoms with Crippen LogP contribution in [0.2, 0.25) is 0 Å². The molecule has 0 aliphatic carbocycles. The van der Waals surface area contributed by atoms with Crippen LogP contribution in [-0.4, -0.2) is 30.1 Å². The smallest absolute Gasteiger partial charge is 0.285 e. The number of thiazole rings is 1. The van der Waals surface area contributed by atoms with Crippen molar-refractivity contribution >= 4 is 33.8 Å². The lowest BCUT2D eigenvalue weighted by Gasteiger charge is -2.08. The van der Waals surface area contributed by atoms with E-state index in [9.17, 15) is 4.79 Å². The fourth-order valence-electron chi connectivity index (χ4n) is 2.83. The minimum atomic E-state index is -0.292. The van der Waals surface area contributed by atoms with E-state index in [0.29, 0.717) is 28.0 Å². The van der Waals surface area contributed by atoms with Gasteiger partial charge in [-0.2, -0.15) is 0 Å². The number of hydrogen-bond donors (Lipinski definition) is 1. The second kappa shape index (κ2) is 7.66. The number of nitrogens with zero attached hydrogens (tertiary/aromatic N) is 2. The third-order valence-electron chi connectivity index (χ3n) is 4.25. The van der Waals surface area contributed by atoms with Gasteiger partial charge in [-0.1, -0.05) is 24.3 Å². The Labute approximate surface area is 165 Å². The first-order chi connectivity index (χ1) is 13.7. The molecular weight excluding hydrogens is 374 g/mol. The Hall–Kier alpha value is -3.45. The molecule has 0 spiro atoms. The zero-order valence-electron chi connectivity index (χ0n) is 15.3. The van der Waals surface area contributed by atoms with Crippen molar-refractivity contribution < 1.29 is 14.3 Å². The number of rotatable bonds is 5. The minimum Gasteiger partial charge on any atom is -0.493 e. The molecule has 2 heterocycles. The molecule has 0 saturated heterocycles. The summed E-state index contributed by atoms with van der Waals surface area (Å²) < 4.78 is 10.6. The number of carbonyl (C=O) groups is 1. The average molecular weight is 391 g/mol. The fourth-order valence-corrected chi connectivity index (χ4v) is 3.55. The summed E-state index contributed by atoms with van der Waals surface area (Å²) in [5, 5.41) is 7.04. The van der Waals surface area contributed by atoms with Gasteiger partial charge in [-0.05, 0) is 29.7 Å². The molecule has 0 atom stereocenters. The number of aromatic nitrogens is 2. The van der Waals surface area contributed by atoms with Gasteiger partial charge in [0, 0.05) is 22.5 Å². The number of anilines is 1. The highest BCUT2D eigenvalue weighted by molar-refractivity contribution is 7.12. The number of ether oxygens (including phenoxy) is 2. The Morgan fingerprint density at radius 1 is 1.00 bits per heavy atom. The summed E-state index contributed by atoms with van der Waals surface area (Å²) >= 11 is 1.28. The number of amides is 1. The van der Waals surface area contributed by atoms with Crippen molar-refractivity contribution in [1.29, 1.82) is 0 Å². The summed E-state index contributed by atoms with van der Waals surface area (Å²) in [5.41, 5.74) is 1.54. The molecule has 4 rings (SSSR count). The van der Waals surface area contributed by atoms with E-state index in [-0.39, 0.29) is 5.91 Å². The first-order valence-electron chi connectivity index (χ1n) is 8.52. The summed E-state index contributed by atoms with van der Waals surface area (Å²) in [6.07, 6.45) is 1.74. The maximum absolute atomic E-state index is 12.6. The summed E-state index contributed by atoms with van der Waals surface area (Å²) in [5.74, 6) is 1.45. The average Bonchev–Trinajstić information content (AvgIpc) is 3.23. The summed E-state index contributed by atoms with van der Waals surface area (Å²) in [6.45, 7) is 0. The molecule has 6 nitrogen and oxygen atoms in total. The summed E-state index contributed by atoms with van der Waals surface area (Å²) in [7, 11) is 3.17. The molecule has 7 heteroatoms. The molecule has 2 aromatic carbocycles. The van der Waals surface area contributed by atoms with Gasteiger partial charge in [0.15, 0.2) is 16.5 Å². The summed E-state index contributed by atoms with van der Waals surface area (Å²) in [4.78, 5) is 21.3. The molecule has 1 amide bonds. The number of nitrogens with one attached hydrogen (secondary N) is 1. The lowest BCUT2D eigenvalue weighted by Crippen LogP contribution is -2.12. The molecule has 2 aromatic heterocycles. The van der Waals surface area contributed by atoms with Gasteiger partial charge >= 0.3 is 0 Å². The third kappa shape index (κ3) is 3.52. The maximum Gasteiger partial charge on any atom is 0.285 e. The largest absolute Gasteiger partial charge is 0.493 e. The first kappa shape index (κ1) is 17.9. The topological polar surface area (TPSA) is 73.3 Å². The molecule has 0 saturated carbocycles. The van der Waals surface area contributed by atoms with Gasteiger partial charge in [0.1, 0.15) is 5.82 Å². The molecule has 0 fully saturated rings. The van der Waals surface area contributed by atoms with Crippen molar-refractivity contribution in [2.24, 2.45) is 0 Å². The first-order valence-corrected chi connectivity index (χ1v) is 9.40. The number of hydrogen-bond acceptors (Lipinski definition) is 6. The number of benzene rings is 2. The van der Waals surface area contributed by atoms with Crippen LogP contribution in [0.5, 0.6) is 11.5 Å². The van der Waals surface area contributed by atoms with Gasteiger partial charge in [0.05, 0.1) is 19.9 Å².